The maximum absolute atomic E-state index is 11.9. The van der Waals surface area contributed by atoms with Gasteiger partial charge in [0.1, 0.15) is 0 Å². The largest absolute Gasteiger partial charge is 0.350 e. The monoisotopic (exact) mass is 317 g/mol. The zero-order chi connectivity index (χ0) is 12.9. The van der Waals surface area contributed by atoms with E-state index in [2.05, 4.69) is 28.2 Å². The van der Waals surface area contributed by atoms with Gasteiger partial charge in [0.25, 0.3) is 0 Å². The van der Waals surface area contributed by atoms with E-state index in [1.807, 2.05) is 25.1 Å². The lowest BCUT2D eigenvalue weighted by Gasteiger charge is -2.27. The second kappa shape index (κ2) is 6.41. The lowest BCUT2D eigenvalue weighted by molar-refractivity contribution is -0.122. The van der Waals surface area contributed by atoms with Gasteiger partial charge in [0.15, 0.2) is 0 Å². The number of halogens is 2. The summed E-state index contributed by atoms with van der Waals surface area (Å²) in [5.41, 5.74) is 0.748. The summed E-state index contributed by atoms with van der Waals surface area (Å²) in [5, 5.41) is 4.44. The van der Waals surface area contributed by atoms with Crippen molar-refractivity contribution in [3.8, 4) is 0 Å². The Kier molecular flexibility index (Phi) is 5.47. The number of nitrogens with one attached hydrogen (secondary N) is 1. The van der Waals surface area contributed by atoms with Crippen LogP contribution in [0.15, 0.2) is 24.3 Å². The predicted molar refractivity (Wildman–Crippen MR) is 75.8 cm³/mol. The van der Waals surface area contributed by atoms with Crippen LogP contribution in [0.3, 0.4) is 0 Å². The van der Waals surface area contributed by atoms with Gasteiger partial charge >= 0.3 is 0 Å². The normalized spacial score (nSPS) is 14.1. The minimum atomic E-state index is -0.185. The molecule has 1 N–H and O–H groups in total. The highest BCUT2D eigenvalue weighted by atomic mass is 79.9. The van der Waals surface area contributed by atoms with Gasteiger partial charge in [-0.15, -0.1) is 0 Å². The molecule has 0 aromatic heterocycles. The molecule has 1 amide bonds. The Balaban J connectivity index is 2.61. The molecular formula is C13H17BrClNO. The number of hydrogen-bond donors (Lipinski definition) is 1. The van der Waals surface area contributed by atoms with Crippen LogP contribution in [0, 0.1) is 0 Å². The molecule has 0 saturated heterocycles. The standard InChI is InChI=1S/C13H17BrClNO/c1-3-13(2,9-14)16-12(17)8-10-5-4-6-11(15)7-10/h4-7H,3,8-9H2,1-2H3,(H,16,17). The molecule has 17 heavy (non-hydrogen) atoms. The average Bonchev–Trinajstić information content (AvgIpc) is 2.28. The summed E-state index contributed by atoms with van der Waals surface area (Å²) in [6.07, 6.45) is 1.25. The van der Waals surface area contributed by atoms with E-state index in [0.29, 0.717) is 11.4 Å². The molecule has 2 nitrogen and oxygen atoms in total. The number of alkyl halides is 1. The summed E-state index contributed by atoms with van der Waals surface area (Å²) in [6, 6.07) is 7.38. The van der Waals surface area contributed by atoms with E-state index in [9.17, 15) is 4.79 Å². The Morgan fingerprint density at radius 1 is 1.53 bits per heavy atom. The lowest BCUT2D eigenvalue weighted by atomic mass is 10.0. The van der Waals surface area contributed by atoms with Crippen molar-refractivity contribution in [3.63, 3.8) is 0 Å². The highest BCUT2D eigenvalue weighted by Gasteiger charge is 2.22. The number of hydrogen-bond acceptors (Lipinski definition) is 1. The summed E-state index contributed by atoms with van der Waals surface area (Å²) in [7, 11) is 0. The van der Waals surface area contributed by atoms with Crippen molar-refractivity contribution in [1.29, 1.82) is 0 Å². The van der Waals surface area contributed by atoms with Crippen molar-refractivity contribution >= 4 is 33.4 Å². The molecule has 1 unspecified atom stereocenters. The highest BCUT2D eigenvalue weighted by Crippen LogP contribution is 2.14. The molecule has 0 fully saturated rings. The molecule has 1 rings (SSSR count). The van der Waals surface area contributed by atoms with Crippen molar-refractivity contribution in [2.45, 2.75) is 32.2 Å². The molecule has 0 aliphatic rings. The van der Waals surface area contributed by atoms with Crippen LogP contribution in [0.5, 0.6) is 0 Å². The fourth-order valence-corrected chi connectivity index (χ4v) is 2.18. The summed E-state index contributed by atoms with van der Waals surface area (Å²) in [4.78, 5) is 11.9. The number of carbonyl (C=O) groups is 1. The van der Waals surface area contributed by atoms with Gasteiger partial charge in [-0.2, -0.15) is 0 Å². The van der Waals surface area contributed by atoms with Gasteiger partial charge in [-0.25, -0.2) is 0 Å². The Labute approximate surface area is 116 Å². The van der Waals surface area contributed by atoms with Crippen LogP contribution in [0.4, 0.5) is 0 Å². The zero-order valence-corrected chi connectivity index (χ0v) is 12.4. The van der Waals surface area contributed by atoms with Crippen molar-refractivity contribution in [1.82, 2.24) is 5.32 Å². The van der Waals surface area contributed by atoms with Crippen molar-refractivity contribution in [3.05, 3.63) is 34.9 Å². The van der Waals surface area contributed by atoms with Crippen LogP contribution in [-0.4, -0.2) is 16.8 Å². The number of rotatable bonds is 5. The van der Waals surface area contributed by atoms with Gasteiger partial charge in [0.05, 0.1) is 6.42 Å². The second-order valence-corrected chi connectivity index (χ2v) is 5.40. The summed E-state index contributed by atoms with van der Waals surface area (Å²) in [6.45, 7) is 4.08. The van der Waals surface area contributed by atoms with Gasteiger partial charge in [0.2, 0.25) is 5.91 Å². The van der Waals surface area contributed by atoms with Gasteiger partial charge in [-0.3, -0.25) is 4.79 Å². The number of amides is 1. The van der Waals surface area contributed by atoms with Crippen molar-refractivity contribution in [2.75, 3.05) is 5.33 Å². The molecule has 0 aliphatic carbocycles. The zero-order valence-electron chi connectivity index (χ0n) is 10.1. The molecule has 4 heteroatoms. The third-order valence-corrected chi connectivity index (χ3v) is 4.24. The van der Waals surface area contributed by atoms with E-state index in [-0.39, 0.29) is 11.4 Å². The number of carbonyl (C=O) groups excluding carboxylic acids is 1. The Morgan fingerprint density at radius 3 is 2.76 bits per heavy atom. The van der Waals surface area contributed by atoms with Crippen molar-refractivity contribution in [2.24, 2.45) is 0 Å². The smallest absolute Gasteiger partial charge is 0.224 e. The molecule has 1 atom stereocenters. The van der Waals surface area contributed by atoms with Gasteiger partial charge in [-0.05, 0) is 31.0 Å². The molecule has 0 aliphatic heterocycles. The summed E-state index contributed by atoms with van der Waals surface area (Å²) in [5.74, 6) is 0.0241. The number of benzene rings is 1. The second-order valence-electron chi connectivity index (χ2n) is 4.40. The predicted octanol–water partition coefficient (Wildman–Crippen LogP) is 3.56. The van der Waals surface area contributed by atoms with E-state index in [1.54, 1.807) is 6.07 Å². The topological polar surface area (TPSA) is 29.1 Å². The molecular weight excluding hydrogens is 302 g/mol. The summed E-state index contributed by atoms with van der Waals surface area (Å²) >= 11 is 9.30. The first-order valence-electron chi connectivity index (χ1n) is 5.60. The molecule has 94 valence electrons. The van der Waals surface area contributed by atoms with Crippen LogP contribution >= 0.6 is 27.5 Å². The molecule has 1 aromatic rings. The van der Waals surface area contributed by atoms with E-state index in [0.717, 1.165) is 17.3 Å². The molecule has 0 radical (unpaired) electrons. The van der Waals surface area contributed by atoms with Gasteiger partial charge in [-0.1, -0.05) is 46.6 Å². The van der Waals surface area contributed by atoms with Crippen LogP contribution in [0.25, 0.3) is 0 Å². The third kappa shape index (κ3) is 4.68. The SMILES string of the molecule is CCC(C)(CBr)NC(=O)Cc1cccc(Cl)c1. The first kappa shape index (κ1) is 14.5. The van der Waals surface area contributed by atoms with Gasteiger partial charge in [0, 0.05) is 15.9 Å². The van der Waals surface area contributed by atoms with Crippen LogP contribution in [0.2, 0.25) is 5.02 Å². The molecule has 0 bridgehead atoms. The van der Waals surface area contributed by atoms with Crippen molar-refractivity contribution < 1.29 is 4.79 Å². The first-order chi connectivity index (χ1) is 7.99. The van der Waals surface area contributed by atoms with E-state index in [4.69, 9.17) is 11.6 Å². The van der Waals surface area contributed by atoms with Crippen LogP contribution < -0.4 is 5.32 Å². The first-order valence-corrected chi connectivity index (χ1v) is 7.10. The van der Waals surface area contributed by atoms with E-state index >= 15 is 0 Å². The average molecular weight is 319 g/mol. The summed E-state index contributed by atoms with van der Waals surface area (Å²) < 4.78 is 0. The van der Waals surface area contributed by atoms with Crippen LogP contribution in [0.1, 0.15) is 25.8 Å². The Morgan fingerprint density at radius 2 is 2.24 bits per heavy atom. The molecule has 1 aromatic carbocycles. The molecule has 0 saturated carbocycles. The third-order valence-electron chi connectivity index (χ3n) is 2.77. The van der Waals surface area contributed by atoms with Gasteiger partial charge < -0.3 is 5.32 Å². The van der Waals surface area contributed by atoms with Crippen LogP contribution in [-0.2, 0) is 11.2 Å². The quantitative estimate of drug-likeness (QED) is 0.826. The highest BCUT2D eigenvalue weighted by molar-refractivity contribution is 9.09. The Hall–Kier alpha value is -0.540. The fraction of sp³-hybridized carbons (Fsp3) is 0.462. The lowest BCUT2D eigenvalue weighted by Crippen LogP contribution is -2.47. The molecule has 0 heterocycles. The van der Waals surface area contributed by atoms with E-state index < -0.39 is 0 Å². The maximum atomic E-state index is 11.9. The van der Waals surface area contributed by atoms with E-state index in [1.165, 1.54) is 0 Å². The molecule has 0 spiro atoms. The fourth-order valence-electron chi connectivity index (χ4n) is 1.43. The minimum absolute atomic E-state index is 0.0241. The maximum Gasteiger partial charge on any atom is 0.224 e. The minimum Gasteiger partial charge on any atom is -0.350 e. The Bertz CT molecular complexity index is 391.